The number of nitrogens with one attached hydrogen (secondary N) is 2. The van der Waals surface area contributed by atoms with Crippen molar-refractivity contribution in [2.24, 2.45) is 4.99 Å². The lowest BCUT2D eigenvalue weighted by Gasteiger charge is -2.11. The summed E-state index contributed by atoms with van der Waals surface area (Å²) in [6.45, 7) is 0.777. The van der Waals surface area contributed by atoms with Crippen LogP contribution in [0.4, 0.5) is 8.78 Å². The number of hydrogen-bond acceptors (Lipinski definition) is 2. The van der Waals surface area contributed by atoms with Crippen LogP contribution in [0.25, 0.3) is 0 Å². The Labute approximate surface area is 157 Å². The molecule has 0 radical (unpaired) electrons. The second-order valence-corrected chi connectivity index (χ2v) is 6.16. The molecular formula is C14H15BrF2IN3S. The number of benzene rings is 1. The van der Waals surface area contributed by atoms with E-state index in [0.717, 1.165) is 21.5 Å². The fourth-order valence-corrected chi connectivity index (χ4v) is 3.09. The van der Waals surface area contributed by atoms with Crippen molar-refractivity contribution in [3.63, 3.8) is 0 Å². The molecule has 2 N–H and O–H groups in total. The van der Waals surface area contributed by atoms with Gasteiger partial charge in [-0.05, 0) is 40.2 Å². The lowest BCUT2D eigenvalue weighted by Crippen LogP contribution is -2.36. The molecule has 1 aromatic carbocycles. The summed E-state index contributed by atoms with van der Waals surface area (Å²) in [6, 6.07) is 5.40. The molecule has 0 unspecified atom stereocenters. The first-order valence-electron chi connectivity index (χ1n) is 6.20. The van der Waals surface area contributed by atoms with Crippen molar-refractivity contribution < 1.29 is 8.78 Å². The van der Waals surface area contributed by atoms with Crippen molar-refractivity contribution in [2.45, 2.75) is 13.1 Å². The highest BCUT2D eigenvalue weighted by Crippen LogP contribution is 2.19. The van der Waals surface area contributed by atoms with Crippen LogP contribution < -0.4 is 10.6 Å². The molecule has 0 bridgehead atoms. The zero-order chi connectivity index (χ0) is 15.2. The molecule has 120 valence electrons. The van der Waals surface area contributed by atoms with Gasteiger partial charge in [-0.3, -0.25) is 4.99 Å². The van der Waals surface area contributed by atoms with Crippen LogP contribution in [0.3, 0.4) is 0 Å². The van der Waals surface area contributed by atoms with Crippen molar-refractivity contribution in [1.29, 1.82) is 0 Å². The summed E-state index contributed by atoms with van der Waals surface area (Å²) in [4.78, 5) is 5.19. The lowest BCUT2D eigenvalue weighted by molar-refractivity contribution is 0.581. The highest BCUT2D eigenvalue weighted by molar-refractivity contribution is 14.0. The van der Waals surface area contributed by atoms with E-state index in [2.05, 4.69) is 31.6 Å². The molecule has 3 nitrogen and oxygen atoms in total. The second-order valence-electron chi connectivity index (χ2n) is 4.25. The van der Waals surface area contributed by atoms with Gasteiger partial charge in [0.25, 0.3) is 0 Å². The van der Waals surface area contributed by atoms with Crippen LogP contribution in [0.1, 0.15) is 10.4 Å². The Balaban J connectivity index is 0.00000242. The minimum Gasteiger partial charge on any atom is -0.352 e. The molecule has 0 aliphatic heterocycles. The van der Waals surface area contributed by atoms with E-state index in [1.807, 2.05) is 11.4 Å². The van der Waals surface area contributed by atoms with Gasteiger partial charge in [0, 0.05) is 33.9 Å². The Morgan fingerprint density at radius 2 is 1.95 bits per heavy atom. The minimum atomic E-state index is -0.459. The van der Waals surface area contributed by atoms with Gasteiger partial charge in [0.1, 0.15) is 11.6 Å². The third-order valence-electron chi connectivity index (χ3n) is 2.73. The Kier molecular flexibility index (Phi) is 8.26. The normalized spacial score (nSPS) is 11.0. The monoisotopic (exact) mass is 501 g/mol. The van der Waals surface area contributed by atoms with Gasteiger partial charge in [-0.1, -0.05) is 0 Å². The maximum atomic E-state index is 13.5. The Bertz CT molecular complexity index is 649. The van der Waals surface area contributed by atoms with Crippen LogP contribution in [0.5, 0.6) is 0 Å². The summed E-state index contributed by atoms with van der Waals surface area (Å²) in [6.07, 6.45) is 0. The van der Waals surface area contributed by atoms with Crippen molar-refractivity contribution in [3.8, 4) is 0 Å². The molecule has 0 saturated carbocycles. The van der Waals surface area contributed by atoms with Crippen LogP contribution in [0.15, 0.2) is 39.1 Å². The molecule has 0 spiro atoms. The quantitative estimate of drug-likeness (QED) is 0.373. The first-order chi connectivity index (χ1) is 10.1. The zero-order valence-corrected chi connectivity index (χ0v) is 16.4. The average molecular weight is 502 g/mol. The molecular weight excluding hydrogens is 487 g/mol. The average Bonchev–Trinajstić information content (AvgIpc) is 2.88. The molecule has 0 amide bonds. The fraction of sp³-hybridized carbons (Fsp3) is 0.214. The maximum Gasteiger partial charge on any atom is 0.191 e. The number of nitrogens with zero attached hydrogens (tertiary/aromatic N) is 1. The lowest BCUT2D eigenvalue weighted by atomic mass is 10.2. The number of guanidine groups is 1. The summed E-state index contributed by atoms with van der Waals surface area (Å²) in [5.74, 6) is -0.371. The van der Waals surface area contributed by atoms with Gasteiger partial charge in [0.2, 0.25) is 0 Å². The van der Waals surface area contributed by atoms with E-state index in [4.69, 9.17) is 0 Å². The third kappa shape index (κ3) is 5.81. The van der Waals surface area contributed by atoms with E-state index in [0.29, 0.717) is 12.5 Å². The van der Waals surface area contributed by atoms with E-state index >= 15 is 0 Å². The topological polar surface area (TPSA) is 36.4 Å². The van der Waals surface area contributed by atoms with Gasteiger partial charge < -0.3 is 10.6 Å². The highest BCUT2D eigenvalue weighted by Gasteiger charge is 2.05. The first-order valence-corrected chi connectivity index (χ1v) is 7.87. The molecule has 0 fully saturated rings. The Hall–Kier alpha value is -0.740. The molecule has 8 heteroatoms. The number of halogens is 4. The minimum absolute atomic E-state index is 0. The van der Waals surface area contributed by atoms with Crippen LogP contribution >= 0.6 is 51.2 Å². The van der Waals surface area contributed by atoms with Gasteiger partial charge in [0.05, 0.1) is 6.54 Å². The van der Waals surface area contributed by atoms with Gasteiger partial charge in [-0.15, -0.1) is 35.3 Å². The van der Waals surface area contributed by atoms with Crippen LogP contribution in [-0.2, 0) is 13.1 Å². The van der Waals surface area contributed by atoms with E-state index < -0.39 is 11.6 Å². The number of rotatable bonds is 4. The summed E-state index contributed by atoms with van der Waals surface area (Å²) in [5, 5.41) is 8.07. The van der Waals surface area contributed by atoms with Crippen molar-refractivity contribution >= 4 is 57.2 Å². The first kappa shape index (κ1) is 19.3. The largest absolute Gasteiger partial charge is 0.352 e. The van der Waals surface area contributed by atoms with E-state index in [-0.39, 0.29) is 36.1 Å². The number of thiophene rings is 1. The molecule has 0 aliphatic rings. The van der Waals surface area contributed by atoms with E-state index in [9.17, 15) is 8.78 Å². The SMILES string of the molecule is CN=C(NCc1cc(Br)cs1)NCc1cc(F)ccc1F.I. The number of hydrogen-bond donors (Lipinski definition) is 2. The van der Waals surface area contributed by atoms with Crippen molar-refractivity contribution in [3.05, 3.63) is 56.2 Å². The molecule has 0 atom stereocenters. The van der Waals surface area contributed by atoms with Gasteiger partial charge in [-0.25, -0.2) is 8.78 Å². The number of aliphatic imine (C=N–C) groups is 1. The molecule has 1 aromatic heterocycles. The van der Waals surface area contributed by atoms with Gasteiger partial charge in [0.15, 0.2) is 5.96 Å². The smallest absolute Gasteiger partial charge is 0.191 e. The van der Waals surface area contributed by atoms with Crippen LogP contribution in [0.2, 0.25) is 0 Å². The zero-order valence-electron chi connectivity index (χ0n) is 11.7. The third-order valence-corrected chi connectivity index (χ3v) is 4.43. The predicted molar refractivity (Wildman–Crippen MR) is 101 cm³/mol. The molecule has 0 saturated heterocycles. The van der Waals surface area contributed by atoms with Crippen LogP contribution in [-0.4, -0.2) is 13.0 Å². The Morgan fingerprint density at radius 3 is 2.59 bits per heavy atom. The summed E-state index contributed by atoms with van der Waals surface area (Å²) in [7, 11) is 1.63. The fourth-order valence-electron chi connectivity index (χ4n) is 1.70. The molecule has 0 aliphatic carbocycles. The second kappa shape index (κ2) is 9.41. The maximum absolute atomic E-state index is 13.5. The Morgan fingerprint density at radius 1 is 1.23 bits per heavy atom. The van der Waals surface area contributed by atoms with Crippen molar-refractivity contribution in [1.82, 2.24) is 10.6 Å². The highest BCUT2D eigenvalue weighted by atomic mass is 127. The summed E-state index contributed by atoms with van der Waals surface area (Å²) in [5.41, 5.74) is 0.261. The van der Waals surface area contributed by atoms with Gasteiger partial charge >= 0.3 is 0 Å². The van der Waals surface area contributed by atoms with Crippen molar-refractivity contribution in [2.75, 3.05) is 7.05 Å². The molecule has 22 heavy (non-hydrogen) atoms. The van der Waals surface area contributed by atoms with Gasteiger partial charge in [-0.2, -0.15) is 0 Å². The summed E-state index contributed by atoms with van der Waals surface area (Å²) >= 11 is 5.01. The molecule has 1 heterocycles. The molecule has 2 aromatic rings. The molecule has 2 rings (SSSR count). The van der Waals surface area contributed by atoms with E-state index in [1.54, 1.807) is 18.4 Å². The predicted octanol–water partition coefficient (Wildman–Crippen LogP) is 4.27. The van der Waals surface area contributed by atoms with Crippen LogP contribution in [0, 0.1) is 11.6 Å². The van der Waals surface area contributed by atoms with E-state index in [1.165, 1.54) is 6.07 Å². The standard InChI is InChI=1S/C14H14BrF2N3S.HI/c1-18-14(20-7-12-5-10(15)8-21-12)19-6-9-4-11(16)2-3-13(9)17;/h2-5,8H,6-7H2,1H3,(H2,18,19,20);1H. The summed E-state index contributed by atoms with van der Waals surface area (Å²) < 4.78 is 27.6.